The number of methoxy groups -OCH3 is 1. The van der Waals surface area contributed by atoms with Crippen LogP contribution in [0, 0.1) is 0 Å². The number of carboxylic acids is 1. The Morgan fingerprint density at radius 2 is 1.92 bits per heavy atom. The number of ether oxygens (including phenoxy) is 1. The van der Waals surface area contributed by atoms with Crippen molar-refractivity contribution in [3.8, 4) is 5.75 Å². The molecule has 1 N–H and O–H groups in total. The van der Waals surface area contributed by atoms with Gasteiger partial charge in [-0.05, 0) is 42.2 Å². The van der Waals surface area contributed by atoms with E-state index in [-0.39, 0.29) is 11.9 Å². The van der Waals surface area contributed by atoms with E-state index in [1.54, 1.807) is 36.3 Å². The first kappa shape index (κ1) is 15.7. The highest BCUT2D eigenvalue weighted by molar-refractivity contribution is 6.00. The predicted molar refractivity (Wildman–Crippen MR) is 91.7 cm³/mol. The summed E-state index contributed by atoms with van der Waals surface area (Å²) >= 11 is 0. The fourth-order valence-electron chi connectivity index (χ4n) is 3.75. The van der Waals surface area contributed by atoms with Gasteiger partial charge >= 0.3 is 5.97 Å². The van der Waals surface area contributed by atoms with E-state index in [9.17, 15) is 14.7 Å². The molecule has 2 aromatic rings. The molecule has 2 unspecified atom stereocenters. The van der Waals surface area contributed by atoms with Crippen molar-refractivity contribution in [1.82, 2.24) is 4.90 Å². The molecule has 2 aromatic carbocycles. The standard InChI is InChI=1S/C20H19NO4/c1-25-14-6-4-5-12(11-14)18-17(20(23)24)15-7-2-3-8-16(15)19(22)21(18)13-9-10-13/h2-8,11,13,17-18H,9-10H2,1H3,(H,23,24). The van der Waals surface area contributed by atoms with E-state index < -0.39 is 17.9 Å². The number of carbonyl (C=O) groups excluding carboxylic acids is 1. The van der Waals surface area contributed by atoms with Gasteiger partial charge in [0.25, 0.3) is 5.91 Å². The molecule has 25 heavy (non-hydrogen) atoms. The van der Waals surface area contributed by atoms with Crippen LogP contribution in [0.4, 0.5) is 0 Å². The lowest BCUT2D eigenvalue weighted by Crippen LogP contribution is -2.46. The fraction of sp³-hybridized carbons (Fsp3) is 0.300. The first-order valence-electron chi connectivity index (χ1n) is 8.40. The first-order valence-corrected chi connectivity index (χ1v) is 8.40. The van der Waals surface area contributed by atoms with Crippen LogP contribution in [0.2, 0.25) is 0 Å². The molecule has 1 saturated carbocycles. The Hall–Kier alpha value is -2.82. The van der Waals surface area contributed by atoms with E-state index in [2.05, 4.69) is 0 Å². The Bertz CT molecular complexity index is 843. The van der Waals surface area contributed by atoms with E-state index in [0.29, 0.717) is 16.9 Å². The van der Waals surface area contributed by atoms with Gasteiger partial charge in [0.15, 0.2) is 0 Å². The SMILES string of the molecule is COc1cccc(C2C(C(=O)O)c3ccccc3C(=O)N2C2CC2)c1. The molecular weight excluding hydrogens is 318 g/mol. The third-order valence-corrected chi connectivity index (χ3v) is 5.02. The first-order chi connectivity index (χ1) is 12.1. The molecule has 2 aliphatic rings. The number of hydrogen-bond donors (Lipinski definition) is 1. The van der Waals surface area contributed by atoms with Crippen molar-refractivity contribution in [2.75, 3.05) is 7.11 Å². The molecule has 0 aromatic heterocycles. The molecule has 2 atom stereocenters. The largest absolute Gasteiger partial charge is 0.497 e. The minimum absolute atomic E-state index is 0.0802. The van der Waals surface area contributed by atoms with Crippen LogP contribution in [0.3, 0.4) is 0 Å². The Morgan fingerprint density at radius 1 is 1.16 bits per heavy atom. The molecule has 1 aliphatic heterocycles. The average Bonchev–Trinajstić information content (AvgIpc) is 3.46. The third kappa shape index (κ3) is 2.56. The minimum atomic E-state index is -0.918. The fourth-order valence-corrected chi connectivity index (χ4v) is 3.75. The van der Waals surface area contributed by atoms with Crippen LogP contribution in [-0.2, 0) is 4.79 Å². The second-order valence-electron chi connectivity index (χ2n) is 6.57. The highest BCUT2D eigenvalue weighted by Crippen LogP contribution is 2.47. The van der Waals surface area contributed by atoms with Gasteiger partial charge in [0.1, 0.15) is 11.7 Å². The molecule has 4 rings (SSSR count). The summed E-state index contributed by atoms with van der Waals surface area (Å²) < 4.78 is 5.30. The molecular formula is C20H19NO4. The van der Waals surface area contributed by atoms with Crippen molar-refractivity contribution in [1.29, 1.82) is 0 Å². The summed E-state index contributed by atoms with van der Waals surface area (Å²) in [4.78, 5) is 27.1. The summed E-state index contributed by atoms with van der Waals surface area (Å²) in [5.41, 5.74) is 1.88. The number of carboxylic acid groups (broad SMARTS) is 1. The van der Waals surface area contributed by atoms with E-state index in [4.69, 9.17) is 4.74 Å². The Morgan fingerprint density at radius 3 is 2.60 bits per heavy atom. The second-order valence-corrected chi connectivity index (χ2v) is 6.57. The number of rotatable bonds is 4. The van der Waals surface area contributed by atoms with Crippen molar-refractivity contribution >= 4 is 11.9 Å². The Labute approximate surface area is 145 Å². The average molecular weight is 337 g/mol. The molecule has 0 spiro atoms. The minimum Gasteiger partial charge on any atom is -0.497 e. The molecule has 0 saturated heterocycles. The summed E-state index contributed by atoms with van der Waals surface area (Å²) in [6.07, 6.45) is 1.83. The number of aliphatic carboxylic acids is 1. The van der Waals surface area contributed by atoms with Gasteiger partial charge in [0.05, 0.1) is 13.2 Å². The lowest BCUT2D eigenvalue weighted by Gasteiger charge is -2.41. The quantitative estimate of drug-likeness (QED) is 0.930. The van der Waals surface area contributed by atoms with Gasteiger partial charge in [-0.3, -0.25) is 9.59 Å². The number of benzene rings is 2. The van der Waals surface area contributed by atoms with E-state index in [1.165, 1.54) is 0 Å². The summed E-state index contributed by atoms with van der Waals surface area (Å²) in [7, 11) is 1.58. The van der Waals surface area contributed by atoms with Gasteiger partial charge in [-0.25, -0.2) is 0 Å². The van der Waals surface area contributed by atoms with E-state index in [0.717, 1.165) is 18.4 Å². The van der Waals surface area contributed by atoms with Gasteiger partial charge in [-0.2, -0.15) is 0 Å². The monoisotopic (exact) mass is 337 g/mol. The zero-order chi connectivity index (χ0) is 17.6. The van der Waals surface area contributed by atoms with Crippen molar-refractivity contribution < 1.29 is 19.4 Å². The molecule has 0 radical (unpaired) electrons. The maximum atomic E-state index is 13.1. The highest BCUT2D eigenvalue weighted by Gasteiger charge is 2.49. The third-order valence-electron chi connectivity index (χ3n) is 5.02. The zero-order valence-electron chi connectivity index (χ0n) is 13.9. The van der Waals surface area contributed by atoms with Gasteiger partial charge < -0.3 is 14.7 Å². The van der Waals surface area contributed by atoms with Crippen LogP contribution in [0.15, 0.2) is 48.5 Å². The Balaban J connectivity index is 1.91. The number of nitrogens with zero attached hydrogens (tertiary/aromatic N) is 1. The number of carbonyl (C=O) groups is 2. The van der Waals surface area contributed by atoms with Crippen molar-refractivity contribution in [2.45, 2.75) is 30.8 Å². The number of amides is 1. The predicted octanol–water partition coefficient (Wildman–Crippen LogP) is 3.22. The topological polar surface area (TPSA) is 66.8 Å². The highest BCUT2D eigenvalue weighted by atomic mass is 16.5. The number of hydrogen-bond acceptors (Lipinski definition) is 3. The molecule has 0 bridgehead atoms. The van der Waals surface area contributed by atoms with E-state index in [1.807, 2.05) is 24.3 Å². The van der Waals surface area contributed by atoms with Gasteiger partial charge in [0, 0.05) is 11.6 Å². The maximum absolute atomic E-state index is 13.1. The van der Waals surface area contributed by atoms with E-state index >= 15 is 0 Å². The van der Waals surface area contributed by atoms with Crippen LogP contribution in [0.5, 0.6) is 5.75 Å². The summed E-state index contributed by atoms with van der Waals surface area (Å²) in [6.45, 7) is 0. The summed E-state index contributed by atoms with van der Waals surface area (Å²) in [5, 5.41) is 9.98. The molecule has 1 amide bonds. The molecule has 5 heteroatoms. The van der Waals surface area contributed by atoms with Gasteiger partial charge in [-0.1, -0.05) is 30.3 Å². The van der Waals surface area contributed by atoms with Crippen molar-refractivity contribution in [3.63, 3.8) is 0 Å². The van der Waals surface area contributed by atoms with Gasteiger partial charge in [0.2, 0.25) is 0 Å². The van der Waals surface area contributed by atoms with Crippen LogP contribution in [0.1, 0.15) is 46.3 Å². The lowest BCUT2D eigenvalue weighted by molar-refractivity contribution is -0.140. The van der Waals surface area contributed by atoms with Crippen LogP contribution >= 0.6 is 0 Å². The summed E-state index contributed by atoms with van der Waals surface area (Å²) in [6, 6.07) is 14.0. The Kier molecular flexibility index (Phi) is 3.71. The summed E-state index contributed by atoms with van der Waals surface area (Å²) in [5.74, 6) is -1.13. The molecule has 128 valence electrons. The zero-order valence-corrected chi connectivity index (χ0v) is 13.9. The smallest absolute Gasteiger partial charge is 0.313 e. The van der Waals surface area contributed by atoms with Gasteiger partial charge in [-0.15, -0.1) is 0 Å². The lowest BCUT2D eigenvalue weighted by atomic mass is 9.79. The molecule has 1 heterocycles. The van der Waals surface area contributed by atoms with Crippen LogP contribution < -0.4 is 4.74 Å². The molecule has 5 nitrogen and oxygen atoms in total. The second kappa shape index (κ2) is 5.92. The van der Waals surface area contributed by atoms with Crippen LogP contribution in [0.25, 0.3) is 0 Å². The molecule has 1 aliphatic carbocycles. The van der Waals surface area contributed by atoms with Crippen LogP contribution in [-0.4, -0.2) is 35.0 Å². The normalized spacial score (nSPS) is 22.4. The molecule has 1 fully saturated rings. The van der Waals surface area contributed by atoms with Crippen molar-refractivity contribution in [2.24, 2.45) is 0 Å². The maximum Gasteiger partial charge on any atom is 0.313 e. The number of fused-ring (bicyclic) bond motifs is 1. The van der Waals surface area contributed by atoms with Crippen molar-refractivity contribution in [3.05, 3.63) is 65.2 Å².